The third-order valence-electron chi connectivity index (χ3n) is 2.83. The fourth-order valence-electron chi connectivity index (χ4n) is 2.08. The molecule has 0 unspecified atom stereocenters. The first-order valence-corrected chi connectivity index (χ1v) is 5.43. The third kappa shape index (κ3) is 2.29. The smallest absolute Gasteiger partial charge is 0.0754 e. The summed E-state index contributed by atoms with van der Waals surface area (Å²) in [5, 5.41) is 11.7. The molecule has 80 valence electrons. The van der Waals surface area contributed by atoms with E-state index in [1.807, 2.05) is 18.2 Å². The van der Waals surface area contributed by atoms with E-state index in [1.165, 1.54) is 31.2 Å². The molecular weight excluding hydrogens is 188 g/mol. The Morgan fingerprint density at radius 1 is 1.13 bits per heavy atom. The summed E-state index contributed by atoms with van der Waals surface area (Å²) in [5.74, 6) is 0. The summed E-state index contributed by atoms with van der Waals surface area (Å²) in [6, 6.07) is 8.05. The second-order valence-electron chi connectivity index (χ2n) is 3.85. The van der Waals surface area contributed by atoms with Crippen molar-refractivity contribution >= 4 is 11.9 Å². The van der Waals surface area contributed by atoms with Gasteiger partial charge < -0.3 is 10.1 Å². The number of hydrogen-bond donors (Lipinski definition) is 1. The number of benzene rings is 1. The van der Waals surface area contributed by atoms with Gasteiger partial charge in [0.15, 0.2) is 0 Å². The van der Waals surface area contributed by atoms with Crippen LogP contribution in [-0.2, 0) is 0 Å². The van der Waals surface area contributed by atoms with Crippen molar-refractivity contribution in [3.8, 4) is 0 Å². The number of oxime groups is 1. The van der Waals surface area contributed by atoms with Gasteiger partial charge >= 0.3 is 0 Å². The van der Waals surface area contributed by atoms with Gasteiger partial charge in [0.05, 0.1) is 6.21 Å². The Morgan fingerprint density at radius 3 is 2.60 bits per heavy atom. The predicted octanol–water partition coefficient (Wildman–Crippen LogP) is 2.49. The van der Waals surface area contributed by atoms with Gasteiger partial charge in [-0.15, -0.1) is 0 Å². The van der Waals surface area contributed by atoms with Gasteiger partial charge in [0.25, 0.3) is 0 Å². The summed E-state index contributed by atoms with van der Waals surface area (Å²) in [4.78, 5) is 2.36. The molecule has 0 bridgehead atoms. The van der Waals surface area contributed by atoms with Gasteiger partial charge in [-0.25, -0.2) is 0 Å². The minimum absolute atomic E-state index is 0.988. The highest BCUT2D eigenvalue weighted by Gasteiger charge is 2.12. The number of piperidine rings is 1. The molecular formula is C12H16N2O. The van der Waals surface area contributed by atoms with Crippen LogP contribution >= 0.6 is 0 Å². The summed E-state index contributed by atoms with van der Waals surface area (Å²) < 4.78 is 0. The highest BCUT2D eigenvalue weighted by atomic mass is 16.4. The zero-order valence-corrected chi connectivity index (χ0v) is 8.76. The SMILES string of the molecule is ON=Cc1ccccc1N1CCCCC1. The number of nitrogens with zero attached hydrogens (tertiary/aromatic N) is 2. The van der Waals surface area contributed by atoms with Crippen LogP contribution in [0.2, 0.25) is 0 Å². The maximum absolute atomic E-state index is 8.59. The molecule has 0 atom stereocenters. The largest absolute Gasteiger partial charge is 0.411 e. The molecule has 0 aromatic heterocycles. The van der Waals surface area contributed by atoms with Gasteiger partial charge in [-0.2, -0.15) is 0 Å². The Bertz CT molecular complexity index is 343. The third-order valence-corrected chi connectivity index (χ3v) is 2.83. The average molecular weight is 204 g/mol. The lowest BCUT2D eigenvalue weighted by atomic mass is 10.1. The minimum Gasteiger partial charge on any atom is -0.411 e. The van der Waals surface area contributed by atoms with Gasteiger partial charge in [-0.1, -0.05) is 23.4 Å². The van der Waals surface area contributed by atoms with Crippen molar-refractivity contribution < 1.29 is 5.21 Å². The lowest BCUT2D eigenvalue weighted by Crippen LogP contribution is -2.30. The van der Waals surface area contributed by atoms with E-state index in [9.17, 15) is 0 Å². The van der Waals surface area contributed by atoms with Crippen LogP contribution in [0.15, 0.2) is 29.4 Å². The van der Waals surface area contributed by atoms with Gasteiger partial charge in [-0.3, -0.25) is 0 Å². The number of para-hydroxylation sites is 1. The molecule has 1 saturated heterocycles. The zero-order valence-electron chi connectivity index (χ0n) is 8.76. The molecule has 3 heteroatoms. The van der Waals surface area contributed by atoms with E-state index < -0.39 is 0 Å². The van der Waals surface area contributed by atoms with Crippen LogP contribution in [0, 0.1) is 0 Å². The van der Waals surface area contributed by atoms with Crippen LogP contribution in [0.3, 0.4) is 0 Å². The van der Waals surface area contributed by atoms with E-state index in [4.69, 9.17) is 5.21 Å². The summed E-state index contributed by atoms with van der Waals surface area (Å²) in [6.45, 7) is 2.21. The molecule has 0 amide bonds. The van der Waals surface area contributed by atoms with E-state index in [-0.39, 0.29) is 0 Å². The van der Waals surface area contributed by atoms with Crippen LogP contribution in [0.5, 0.6) is 0 Å². The Hall–Kier alpha value is -1.51. The van der Waals surface area contributed by atoms with E-state index in [0.29, 0.717) is 0 Å². The number of rotatable bonds is 2. The highest BCUT2D eigenvalue weighted by Crippen LogP contribution is 2.22. The molecule has 1 fully saturated rings. The fourth-order valence-corrected chi connectivity index (χ4v) is 2.08. The highest BCUT2D eigenvalue weighted by molar-refractivity contribution is 5.87. The van der Waals surface area contributed by atoms with Crippen molar-refractivity contribution in [1.82, 2.24) is 0 Å². The number of anilines is 1. The van der Waals surface area contributed by atoms with E-state index in [2.05, 4.69) is 16.1 Å². The van der Waals surface area contributed by atoms with Crippen LogP contribution in [0.4, 0.5) is 5.69 Å². The maximum Gasteiger partial charge on any atom is 0.0754 e. The predicted molar refractivity (Wildman–Crippen MR) is 61.9 cm³/mol. The van der Waals surface area contributed by atoms with E-state index in [0.717, 1.165) is 18.7 Å². The van der Waals surface area contributed by atoms with Crippen molar-refractivity contribution in [2.24, 2.45) is 5.16 Å². The van der Waals surface area contributed by atoms with Gasteiger partial charge in [0.2, 0.25) is 0 Å². The van der Waals surface area contributed by atoms with Crippen LogP contribution < -0.4 is 4.90 Å². The molecule has 0 saturated carbocycles. The lowest BCUT2D eigenvalue weighted by molar-refractivity contribution is 0.322. The summed E-state index contributed by atoms with van der Waals surface area (Å²) >= 11 is 0. The topological polar surface area (TPSA) is 35.8 Å². The minimum atomic E-state index is 0.988. The molecule has 2 rings (SSSR count). The lowest BCUT2D eigenvalue weighted by Gasteiger charge is -2.29. The van der Waals surface area contributed by atoms with Crippen molar-refractivity contribution in [2.45, 2.75) is 19.3 Å². The molecule has 1 N–H and O–H groups in total. The van der Waals surface area contributed by atoms with Crippen molar-refractivity contribution in [3.63, 3.8) is 0 Å². The van der Waals surface area contributed by atoms with Gasteiger partial charge in [0, 0.05) is 24.3 Å². The zero-order chi connectivity index (χ0) is 10.5. The second-order valence-corrected chi connectivity index (χ2v) is 3.85. The standard InChI is InChI=1S/C12H16N2O/c15-13-10-11-6-2-3-7-12(11)14-8-4-1-5-9-14/h2-3,6-7,10,15H,1,4-5,8-9H2. The number of hydrogen-bond acceptors (Lipinski definition) is 3. The quantitative estimate of drug-likeness (QED) is 0.456. The van der Waals surface area contributed by atoms with Crippen LogP contribution in [0.1, 0.15) is 24.8 Å². The molecule has 1 aromatic rings. The molecule has 0 radical (unpaired) electrons. The van der Waals surface area contributed by atoms with Crippen LogP contribution in [-0.4, -0.2) is 24.5 Å². The first kappa shape index (κ1) is 10.0. The Kier molecular flexibility index (Phi) is 3.22. The van der Waals surface area contributed by atoms with E-state index in [1.54, 1.807) is 0 Å². The van der Waals surface area contributed by atoms with E-state index >= 15 is 0 Å². The maximum atomic E-state index is 8.59. The molecule has 3 nitrogen and oxygen atoms in total. The first-order chi connectivity index (χ1) is 7.42. The van der Waals surface area contributed by atoms with Gasteiger partial charge in [-0.05, 0) is 25.3 Å². The Labute approximate surface area is 90.0 Å². The first-order valence-electron chi connectivity index (χ1n) is 5.43. The molecule has 1 aromatic carbocycles. The molecule has 1 heterocycles. The van der Waals surface area contributed by atoms with Crippen molar-refractivity contribution in [3.05, 3.63) is 29.8 Å². The second kappa shape index (κ2) is 4.82. The van der Waals surface area contributed by atoms with Crippen molar-refractivity contribution in [1.29, 1.82) is 0 Å². The summed E-state index contributed by atoms with van der Waals surface area (Å²) in [5.41, 5.74) is 2.16. The molecule has 0 spiro atoms. The monoisotopic (exact) mass is 204 g/mol. The Balaban J connectivity index is 2.25. The average Bonchev–Trinajstić information content (AvgIpc) is 2.31. The fraction of sp³-hybridized carbons (Fsp3) is 0.417. The molecule has 1 aliphatic rings. The molecule has 0 aliphatic carbocycles. The molecule has 1 aliphatic heterocycles. The molecule has 15 heavy (non-hydrogen) atoms. The normalized spacial score (nSPS) is 17.2. The van der Waals surface area contributed by atoms with Crippen molar-refractivity contribution in [2.75, 3.05) is 18.0 Å². The summed E-state index contributed by atoms with van der Waals surface area (Å²) in [7, 11) is 0. The van der Waals surface area contributed by atoms with Crippen LogP contribution in [0.25, 0.3) is 0 Å². The summed E-state index contributed by atoms with van der Waals surface area (Å²) in [6.07, 6.45) is 5.34. The van der Waals surface area contributed by atoms with Gasteiger partial charge in [0.1, 0.15) is 0 Å². The Morgan fingerprint density at radius 2 is 1.87 bits per heavy atom.